The molecule has 0 aliphatic carbocycles. The van der Waals surface area contributed by atoms with E-state index in [4.69, 9.17) is 10.5 Å². The Bertz CT molecular complexity index is 1360. The largest absolute Gasteiger partial charge is 0.508 e. The van der Waals surface area contributed by atoms with E-state index in [1.54, 1.807) is 19.1 Å². The van der Waals surface area contributed by atoms with E-state index in [1.807, 2.05) is 60.7 Å². The van der Waals surface area contributed by atoms with Gasteiger partial charge in [-0.25, -0.2) is 4.79 Å². The van der Waals surface area contributed by atoms with Crippen molar-refractivity contribution in [2.24, 2.45) is 10.7 Å². The summed E-state index contributed by atoms with van der Waals surface area (Å²) < 4.78 is 4.74. The molecule has 0 saturated heterocycles. The number of nitrogens with one attached hydrogen (secondary N) is 4. The Hall–Kier alpha value is -5.39. The van der Waals surface area contributed by atoms with Crippen molar-refractivity contribution in [3.63, 3.8) is 0 Å². The summed E-state index contributed by atoms with van der Waals surface area (Å²) in [6.45, 7) is 1.88. The summed E-state index contributed by atoms with van der Waals surface area (Å²) in [5, 5.41) is 19.9. The van der Waals surface area contributed by atoms with E-state index in [0.29, 0.717) is 6.42 Å². The van der Waals surface area contributed by atoms with E-state index >= 15 is 0 Å². The van der Waals surface area contributed by atoms with E-state index in [0.717, 1.165) is 16.7 Å². The number of amides is 4. The van der Waals surface area contributed by atoms with Gasteiger partial charge in [-0.3, -0.25) is 24.7 Å². The molecule has 232 valence electrons. The van der Waals surface area contributed by atoms with Gasteiger partial charge < -0.3 is 31.5 Å². The van der Waals surface area contributed by atoms with Crippen LogP contribution >= 0.6 is 0 Å². The number of aliphatic imine (C=N–C) groups is 1. The van der Waals surface area contributed by atoms with E-state index in [2.05, 4.69) is 26.3 Å². The molecule has 0 aromatic heterocycles. The zero-order valence-corrected chi connectivity index (χ0v) is 24.5. The van der Waals surface area contributed by atoms with E-state index in [1.165, 1.54) is 12.1 Å². The number of ether oxygens (including phenoxy) is 1. The number of aromatic hydroxyl groups is 1. The van der Waals surface area contributed by atoms with Gasteiger partial charge in [-0.2, -0.15) is 0 Å². The van der Waals surface area contributed by atoms with Crippen LogP contribution < -0.4 is 27.0 Å². The molecule has 3 aromatic carbocycles. The van der Waals surface area contributed by atoms with Crippen molar-refractivity contribution in [2.75, 3.05) is 19.7 Å². The molecular weight excluding hydrogens is 564 g/mol. The number of hydrogen-bond donors (Lipinski definition) is 6. The first-order chi connectivity index (χ1) is 21.3. The average molecular weight is 603 g/mol. The number of carbonyl (C=O) groups excluding carboxylic acids is 4. The van der Waals surface area contributed by atoms with Crippen LogP contribution in [0, 0.1) is 0 Å². The van der Waals surface area contributed by atoms with Crippen molar-refractivity contribution in [2.45, 2.75) is 38.3 Å². The molecule has 0 fully saturated rings. The van der Waals surface area contributed by atoms with Crippen LogP contribution in [0.25, 0.3) is 0 Å². The van der Waals surface area contributed by atoms with Gasteiger partial charge in [0.25, 0.3) is 0 Å². The third-order valence-corrected chi connectivity index (χ3v) is 6.44. The molecule has 0 unspecified atom stereocenters. The topological polar surface area (TPSA) is 184 Å². The highest BCUT2D eigenvalue weighted by molar-refractivity contribution is 5.96. The molecule has 1 atom stereocenters. The first kappa shape index (κ1) is 33.1. The molecule has 0 aliphatic heterocycles. The van der Waals surface area contributed by atoms with Crippen LogP contribution in [-0.2, 0) is 25.7 Å². The summed E-state index contributed by atoms with van der Waals surface area (Å²) in [5.41, 5.74) is 8.12. The molecule has 0 spiro atoms. The Morgan fingerprint density at radius 3 is 2.07 bits per heavy atom. The average Bonchev–Trinajstić information content (AvgIpc) is 3.02. The van der Waals surface area contributed by atoms with Crippen LogP contribution in [-0.4, -0.2) is 60.6 Å². The van der Waals surface area contributed by atoms with Gasteiger partial charge in [0.2, 0.25) is 11.8 Å². The van der Waals surface area contributed by atoms with Crippen LogP contribution in [0.2, 0.25) is 0 Å². The summed E-state index contributed by atoms with van der Waals surface area (Å²) in [6, 6.07) is 23.4. The molecule has 12 heteroatoms. The first-order valence-electron chi connectivity index (χ1n) is 14.2. The van der Waals surface area contributed by atoms with Crippen LogP contribution in [0.1, 0.15) is 42.4 Å². The van der Waals surface area contributed by atoms with Gasteiger partial charge in [-0.1, -0.05) is 72.8 Å². The number of phenolic OH excluding ortho intramolecular Hbond substituents is 1. The predicted molar refractivity (Wildman–Crippen MR) is 166 cm³/mol. The highest BCUT2D eigenvalue weighted by atomic mass is 16.5. The lowest BCUT2D eigenvalue weighted by molar-refractivity contribution is -0.141. The van der Waals surface area contributed by atoms with E-state index in [-0.39, 0.29) is 56.2 Å². The fourth-order valence-electron chi connectivity index (χ4n) is 4.30. The molecule has 0 aliphatic rings. The zero-order valence-electron chi connectivity index (χ0n) is 24.5. The minimum absolute atomic E-state index is 0.115. The van der Waals surface area contributed by atoms with Crippen LogP contribution in [0.3, 0.4) is 0 Å². The number of urea groups is 1. The molecule has 44 heavy (non-hydrogen) atoms. The van der Waals surface area contributed by atoms with E-state index in [9.17, 15) is 24.3 Å². The van der Waals surface area contributed by atoms with Crippen LogP contribution in [0.4, 0.5) is 4.79 Å². The summed E-state index contributed by atoms with van der Waals surface area (Å²) in [4.78, 5) is 54.5. The number of hydrogen-bond acceptors (Lipinski definition) is 7. The van der Waals surface area contributed by atoms with Gasteiger partial charge >= 0.3 is 12.0 Å². The van der Waals surface area contributed by atoms with Gasteiger partial charge in [0.05, 0.1) is 12.5 Å². The highest BCUT2D eigenvalue weighted by Gasteiger charge is 2.27. The number of carbonyl (C=O) groups is 4. The molecule has 4 amide bonds. The molecule has 7 N–H and O–H groups in total. The maximum atomic E-state index is 13.7. The Kier molecular flexibility index (Phi) is 13.2. The van der Waals surface area contributed by atoms with Crippen molar-refractivity contribution < 1.29 is 29.0 Å². The summed E-state index contributed by atoms with van der Waals surface area (Å²) in [7, 11) is 0. The second-order valence-electron chi connectivity index (χ2n) is 9.72. The normalized spacial score (nSPS) is 11.7. The van der Waals surface area contributed by atoms with Crippen molar-refractivity contribution in [3.8, 4) is 5.75 Å². The molecular formula is C32H38N6O6. The van der Waals surface area contributed by atoms with Crippen molar-refractivity contribution in [1.82, 2.24) is 21.3 Å². The van der Waals surface area contributed by atoms with Gasteiger partial charge in [0.15, 0.2) is 5.96 Å². The molecule has 0 radical (unpaired) electrons. The minimum Gasteiger partial charge on any atom is -0.508 e. The first-order valence-corrected chi connectivity index (χ1v) is 14.2. The quantitative estimate of drug-likeness (QED) is 0.0707. The third kappa shape index (κ3) is 11.1. The Labute approximate surface area is 256 Å². The standard InChI is InChI=1S/C32H38N6O6/c1-2-44-27(40)21-36-32(43)38-31(33)34-19-9-14-26(29(41)35-20-22-15-17-25(39)18-16-22)37-30(42)28(23-10-5-3-6-11-23)24-12-7-4-8-13-24/h3-8,10-13,15-18,26,28,39H,2,9,14,19-21H2,1H3,(H,35,41)(H,37,42)(H4,33,34,36,38,43)/t26-/m1/s1. The minimum atomic E-state index is -0.896. The summed E-state index contributed by atoms with van der Waals surface area (Å²) in [6.07, 6.45) is 0.584. The van der Waals surface area contributed by atoms with E-state index < -0.39 is 24.0 Å². The third-order valence-electron chi connectivity index (χ3n) is 6.44. The monoisotopic (exact) mass is 602 g/mol. The van der Waals surface area contributed by atoms with Crippen molar-refractivity contribution in [3.05, 3.63) is 102 Å². The number of rotatable bonds is 14. The SMILES string of the molecule is CCOC(=O)CNC(=O)NC(N)=NCCC[C@@H](NC(=O)C(c1ccccc1)c1ccccc1)C(=O)NCc1ccc(O)cc1. The number of guanidine groups is 1. The van der Waals surface area contributed by atoms with Gasteiger partial charge in [-0.05, 0) is 48.6 Å². The number of nitrogens with two attached hydrogens (primary N) is 1. The molecule has 0 heterocycles. The van der Waals surface area contributed by atoms with Gasteiger partial charge in [0, 0.05) is 13.1 Å². The number of esters is 1. The highest BCUT2D eigenvalue weighted by Crippen LogP contribution is 2.25. The lowest BCUT2D eigenvalue weighted by atomic mass is 9.90. The number of nitrogens with zero attached hydrogens (tertiary/aromatic N) is 1. The van der Waals surface area contributed by atoms with Crippen LogP contribution in [0.15, 0.2) is 89.9 Å². The van der Waals surface area contributed by atoms with Gasteiger partial charge in [0.1, 0.15) is 18.3 Å². The Morgan fingerprint density at radius 2 is 1.48 bits per heavy atom. The maximum absolute atomic E-state index is 13.7. The number of benzene rings is 3. The fraction of sp³-hybridized carbons (Fsp3) is 0.281. The Morgan fingerprint density at radius 1 is 0.864 bits per heavy atom. The molecule has 0 bridgehead atoms. The summed E-state index contributed by atoms with van der Waals surface area (Å²) >= 11 is 0. The lowest BCUT2D eigenvalue weighted by Crippen LogP contribution is -2.48. The predicted octanol–water partition coefficient (Wildman–Crippen LogP) is 2.28. The molecule has 12 nitrogen and oxygen atoms in total. The summed E-state index contributed by atoms with van der Waals surface area (Å²) in [5.74, 6) is -2.01. The lowest BCUT2D eigenvalue weighted by Gasteiger charge is -2.23. The smallest absolute Gasteiger partial charge is 0.325 e. The molecule has 3 rings (SSSR count). The van der Waals surface area contributed by atoms with Crippen molar-refractivity contribution >= 4 is 29.8 Å². The zero-order chi connectivity index (χ0) is 31.7. The number of phenols is 1. The van der Waals surface area contributed by atoms with Gasteiger partial charge in [-0.15, -0.1) is 0 Å². The molecule has 3 aromatic rings. The van der Waals surface area contributed by atoms with Crippen LogP contribution in [0.5, 0.6) is 5.75 Å². The Balaban J connectivity index is 1.67. The molecule has 0 saturated carbocycles. The maximum Gasteiger partial charge on any atom is 0.325 e. The second kappa shape index (κ2) is 17.5. The second-order valence-corrected chi connectivity index (χ2v) is 9.72. The fourth-order valence-corrected chi connectivity index (χ4v) is 4.30. The van der Waals surface area contributed by atoms with Crippen molar-refractivity contribution in [1.29, 1.82) is 0 Å².